The second-order valence-corrected chi connectivity index (χ2v) is 8.82. The maximum absolute atomic E-state index is 12.9. The predicted molar refractivity (Wildman–Crippen MR) is 116 cm³/mol. The van der Waals surface area contributed by atoms with E-state index < -0.39 is 10.0 Å². The van der Waals surface area contributed by atoms with Crippen LogP contribution in [0.4, 0.5) is 11.4 Å². The van der Waals surface area contributed by atoms with Crippen molar-refractivity contribution in [1.29, 1.82) is 0 Å². The molecule has 1 aliphatic rings. The first-order valence-corrected chi connectivity index (χ1v) is 11.8. The molecule has 0 atom stereocenters. The molecule has 8 nitrogen and oxygen atoms in total. The normalized spacial score (nSPS) is 15.5. The van der Waals surface area contributed by atoms with E-state index in [4.69, 9.17) is 4.74 Å². The number of sulfonamides is 1. The average molecular weight is 427 g/mol. The summed E-state index contributed by atoms with van der Waals surface area (Å²) in [5, 5.41) is 2.95. The monoisotopic (exact) mass is 426 g/mol. The van der Waals surface area contributed by atoms with Crippen molar-refractivity contribution in [2.75, 3.05) is 69.2 Å². The summed E-state index contributed by atoms with van der Waals surface area (Å²) in [6.45, 7) is 12.9. The second kappa shape index (κ2) is 10.9. The number of morpholine rings is 1. The Hall–Kier alpha value is -1.68. The van der Waals surface area contributed by atoms with Crippen LogP contribution in [0, 0.1) is 0 Å². The van der Waals surface area contributed by atoms with Crippen molar-refractivity contribution in [2.45, 2.75) is 32.6 Å². The topological polar surface area (TPSA) is 82.2 Å². The molecule has 0 saturated carbocycles. The molecule has 1 N–H and O–H groups in total. The summed E-state index contributed by atoms with van der Waals surface area (Å²) in [6, 6.07) is 4.99. The summed E-state index contributed by atoms with van der Waals surface area (Å²) in [7, 11) is -3.61. The average Bonchev–Trinajstić information content (AvgIpc) is 2.71. The van der Waals surface area contributed by atoms with Gasteiger partial charge in [0.2, 0.25) is 15.9 Å². The second-order valence-electron chi connectivity index (χ2n) is 6.88. The van der Waals surface area contributed by atoms with Crippen LogP contribution in [0.5, 0.6) is 0 Å². The van der Waals surface area contributed by atoms with E-state index in [0.29, 0.717) is 45.1 Å². The van der Waals surface area contributed by atoms with E-state index in [1.54, 1.807) is 18.2 Å². The van der Waals surface area contributed by atoms with Crippen LogP contribution in [0.1, 0.15) is 27.7 Å². The van der Waals surface area contributed by atoms with Crippen LogP contribution in [-0.2, 0) is 19.6 Å². The molecule has 0 aromatic heterocycles. The third-order valence-corrected chi connectivity index (χ3v) is 7.21. The number of carbonyl (C=O) groups is 1. The molecule has 2 rings (SSSR count). The van der Waals surface area contributed by atoms with E-state index in [-0.39, 0.29) is 17.3 Å². The van der Waals surface area contributed by atoms with Gasteiger partial charge in [0.15, 0.2) is 0 Å². The molecular weight excluding hydrogens is 392 g/mol. The van der Waals surface area contributed by atoms with E-state index >= 15 is 0 Å². The van der Waals surface area contributed by atoms with Gasteiger partial charge in [-0.2, -0.15) is 4.31 Å². The summed E-state index contributed by atoms with van der Waals surface area (Å²) in [5.74, 6) is -0.155. The Morgan fingerprint density at radius 3 is 2.24 bits per heavy atom. The number of ether oxygens (including phenoxy) is 1. The van der Waals surface area contributed by atoms with Gasteiger partial charge in [-0.05, 0) is 32.0 Å². The lowest BCUT2D eigenvalue weighted by molar-refractivity contribution is -0.118. The third-order valence-electron chi connectivity index (χ3n) is 5.16. The zero-order chi connectivity index (χ0) is 21.4. The number of nitrogens with zero attached hydrogens (tertiary/aromatic N) is 3. The van der Waals surface area contributed by atoms with Crippen molar-refractivity contribution in [2.24, 2.45) is 0 Å². The SMILES string of the molecule is CCN(CC)c1ccc(S(=O)(=O)N(CC)CC)cc1NC(=O)CN1CCOCC1. The molecule has 1 aromatic carbocycles. The Bertz CT molecular complexity index is 771. The van der Waals surface area contributed by atoms with Gasteiger partial charge in [0.25, 0.3) is 0 Å². The van der Waals surface area contributed by atoms with E-state index in [9.17, 15) is 13.2 Å². The zero-order valence-corrected chi connectivity index (χ0v) is 18.8. The van der Waals surface area contributed by atoms with Crippen LogP contribution in [0.25, 0.3) is 0 Å². The van der Waals surface area contributed by atoms with Gasteiger partial charge in [-0.1, -0.05) is 13.8 Å². The molecule has 164 valence electrons. The first kappa shape index (κ1) is 23.6. The number of benzene rings is 1. The van der Waals surface area contributed by atoms with Crippen molar-refractivity contribution in [3.63, 3.8) is 0 Å². The fourth-order valence-corrected chi connectivity index (χ4v) is 4.97. The first-order chi connectivity index (χ1) is 13.9. The minimum absolute atomic E-state index is 0.155. The van der Waals surface area contributed by atoms with Crippen LogP contribution in [0.2, 0.25) is 0 Å². The Morgan fingerprint density at radius 2 is 1.69 bits per heavy atom. The van der Waals surface area contributed by atoms with Gasteiger partial charge < -0.3 is 15.0 Å². The minimum Gasteiger partial charge on any atom is -0.379 e. The Labute approximate surface area is 174 Å². The maximum atomic E-state index is 12.9. The molecule has 1 aromatic rings. The summed E-state index contributed by atoms with van der Waals surface area (Å²) in [4.78, 5) is 17.0. The summed E-state index contributed by atoms with van der Waals surface area (Å²) >= 11 is 0. The van der Waals surface area contributed by atoms with Gasteiger partial charge in [-0.15, -0.1) is 0 Å². The smallest absolute Gasteiger partial charge is 0.243 e. The molecule has 0 bridgehead atoms. The Morgan fingerprint density at radius 1 is 1.07 bits per heavy atom. The lowest BCUT2D eigenvalue weighted by Gasteiger charge is -2.28. The van der Waals surface area contributed by atoms with Gasteiger partial charge in [-0.3, -0.25) is 9.69 Å². The first-order valence-electron chi connectivity index (χ1n) is 10.4. The highest BCUT2D eigenvalue weighted by molar-refractivity contribution is 7.89. The molecule has 1 heterocycles. The quantitative estimate of drug-likeness (QED) is 0.615. The van der Waals surface area contributed by atoms with Gasteiger partial charge >= 0.3 is 0 Å². The maximum Gasteiger partial charge on any atom is 0.243 e. The number of amides is 1. The number of nitrogens with one attached hydrogen (secondary N) is 1. The van der Waals surface area contributed by atoms with Crippen LogP contribution in [0.15, 0.2) is 23.1 Å². The van der Waals surface area contributed by atoms with Crippen LogP contribution >= 0.6 is 0 Å². The van der Waals surface area contributed by atoms with E-state index in [1.807, 2.05) is 32.6 Å². The summed E-state index contributed by atoms with van der Waals surface area (Å²) < 4.78 is 32.6. The van der Waals surface area contributed by atoms with Gasteiger partial charge in [0.05, 0.1) is 36.0 Å². The molecule has 0 radical (unpaired) electrons. The number of anilines is 2. The third kappa shape index (κ3) is 5.91. The highest BCUT2D eigenvalue weighted by Gasteiger charge is 2.24. The lowest BCUT2D eigenvalue weighted by Crippen LogP contribution is -2.41. The van der Waals surface area contributed by atoms with Crippen LogP contribution < -0.4 is 10.2 Å². The molecule has 1 aliphatic heterocycles. The van der Waals surface area contributed by atoms with E-state index in [2.05, 4.69) is 10.2 Å². The highest BCUT2D eigenvalue weighted by atomic mass is 32.2. The zero-order valence-electron chi connectivity index (χ0n) is 18.0. The van der Waals surface area contributed by atoms with Crippen LogP contribution in [-0.4, -0.2) is 82.6 Å². The largest absolute Gasteiger partial charge is 0.379 e. The van der Waals surface area contributed by atoms with Gasteiger partial charge in [-0.25, -0.2) is 8.42 Å². The molecule has 0 spiro atoms. The molecule has 9 heteroatoms. The number of hydrogen-bond acceptors (Lipinski definition) is 6. The van der Waals surface area contributed by atoms with Crippen LogP contribution in [0.3, 0.4) is 0 Å². The lowest BCUT2D eigenvalue weighted by atomic mass is 10.2. The summed E-state index contributed by atoms with van der Waals surface area (Å²) in [5.41, 5.74) is 1.35. The fourth-order valence-electron chi connectivity index (χ4n) is 3.48. The predicted octanol–water partition coefficient (Wildman–Crippen LogP) is 1.83. The van der Waals surface area contributed by atoms with Crippen molar-refractivity contribution in [3.8, 4) is 0 Å². The molecule has 0 aliphatic carbocycles. The summed E-state index contributed by atoms with van der Waals surface area (Å²) in [6.07, 6.45) is 0. The van der Waals surface area contributed by atoms with E-state index in [1.165, 1.54) is 4.31 Å². The van der Waals surface area contributed by atoms with Gasteiger partial charge in [0, 0.05) is 39.3 Å². The Kier molecular flexibility index (Phi) is 8.88. The van der Waals surface area contributed by atoms with Gasteiger partial charge in [0.1, 0.15) is 0 Å². The number of carbonyl (C=O) groups excluding carboxylic acids is 1. The molecule has 1 saturated heterocycles. The molecule has 0 unspecified atom stereocenters. The minimum atomic E-state index is -3.61. The molecule has 1 fully saturated rings. The number of hydrogen-bond donors (Lipinski definition) is 1. The van der Waals surface area contributed by atoms with Crippen molar-refractivity contribution >= 4 is 27.3 Å². The fraction of sp³-hybridized carbons (Fsp3) is 0.650. The van der Waals surface area contributed by atoms with Crippen molar-refractivity contribution in [3.05, 3.63) is 18.2 Å². The van der Waals surface area contributed by atoms with Crippen molar-refractivity contribution < 1.29 is 17.9 Å². The number of rotatable bonds is 10. The standard InChI is InChI=1S/C20H34N4O4S/c1-5-23(6-2)19-10-9-17(29(26,27)24(7-3)8-4)15-18(19)21-20(25)16-22-11-13-28-14-12-22/h9-10,15H,5-8,11-14,16H2,1-4H3,(H,21,25). The van der Waals surface area contributed by atoms with Crippen molar-refractivity contribution in [1.82, 2.24) is 9.21 Å². The molecule has 29 heavy (non-hydrogen) atoms. The highest BCUT2D eigenvalue weighted by Crippen LogP contribution is 2.30. The molecule has 1 amide bonds. The van der Waals surface area contributed by atoms with E-state index in [0.717, 1.165) is 18.8 Å². The Balaban J connectivity index is 2.33. The molecular formula is C20H34N4O4S.